The second-order valence-corrected chi connectivity index (χ2v) is 7.47. The van der Waals surface area contributed by atoms with Gasteiger partial charge in [0.2, 0.25) is 0 Å². The maximum atomic E-state index is 12.1. The Morgan fingerprint density at radius 1 is 1.42 bits per heavy atom. The molecule has 0 bridgehead atoms. The van der Waals surface area contributed by atoms with E-state index in [0.717, 1.165) is 15.6 Å². The smallest absolute Gasteiger partial charge is 0.309 e. The fourth-order valence-corrected chi connectivity index (χ4v) is 3.96. The van der Waals surface area contributed by atoms with E-state index in [1.807, 2.05) is 13.0 Å². The molecule has 1 aromatic carbocycles. The van der Waals surface area contributed by atoms with Gasteiger partial charge in [-0.2, -0.15) is 0 Å². The highest BCUT2D eigenvalue weighted by atomic mass is 79.9. The zero-order chi connectivity index (χ0) is 14.6. The third-order valence-corrected chi connectivity index (χ3v) is 5.48. The van der Waals surface area contributed by atoms with Gasteiger partial charge in [0, 0.05) is 4.47 Å². The van der Waals surface area contributed by atoms with Crippen LogP contribution in [0.1, 0.15) is 18.1 Å². The van der Waals surface area contributed by atoms with E-state index in [-0.39, 0.29) is 11.5 Å². The molecule has 0 aliphatic carbocycles. The van der Waals surface area contributed by atoms with E-state index < -0.39 is 21.7 Å². The second kappa shape index (κ2) is 6.52. The minimum absolute atomic E-state index is 0.0698. The summed E-state index contributed by atoms with van der Waals surface area (Å²) >= 11 is 3.37. The molecule has 0 aliphatic heterocycles. The van der Waals surface area contributed by atoms with Crippen molar-refractivity contribution < 1.29 is 17.9 Å². The Morgan fingerprint density at radius 2 is 2.05 bits per heavy atom. The highest BCUT2D eigenvalue weighted by Crippen LogP contribution is 2.22. The van der Waals surface area contributed by atoms with E-state index in [1.165, 1.54) is 7.11 Å². The predicted molar refractivity (Wildman–Crippen MR) is 77.5 cm³/mol. The molecule has 106 valence electrons. The molecule has 0 saturated carbocycles. The van der Waals surface area contributed by atoms with Crippen molar-refractivity contribution in [1.82, 2.24) is 0 Å². The van der Waals surface area contributed by atoms with E-state index in [2.05, 4.69) is 20.7 Å². The van der Waals surface area contributed by atoms with Crippen molar-refractivity contribution in [3.63, 3.8) is 0 Å². The quantitative estimate of drug-likeness (QED) is 0.767. The van der Waals surface area contributed by atoms with Crippen molar-refractivity contribution in [1.29, 1.82) is 0 Å². The van der Waals surface area contributed by atoms with E-state index in [4.69, 9.17) is 0 Å². The van der Waals surface area contributed by atoms with Crippen molar-refractivity contribution in [2.75, 3.05) is 12.9 Å². The van der Waals surface area contributed by atoms with Gasteiger partial charge in [0.15, 0.2) is 9.84 Å². The SMILES string of the molecule is COC(=O)[C@@H](C)CS(=O)(=O)Cc1cccc(Br)c1C. The van der Waals surface area contributed by atoms with Crippen LogP contribution >= 0.6 is 15.9 Å². The van der Waals surface area contributed by atoms with Crippen LogP contribution in [0.15, 0.2) is 22.7 Å². The minimum atomic E-state index is -3.35. The molecular formula is C13H17BrO4S. The molecule has 0 aliphatic rings. The fourth-order valence-electron chi connectivity index (χ4n) is 1.75. The van der Waals surface area contributed by atoms with E-state index >= 15 is 0 Å². The van der Waals surface area contributed by atoms with Crippen LogP contribution in [-0.4, -0.2) is 27.2 Å². The number of methoxy groups -OCH3 is 1. The average molecular weight is 349 g/mol. The van der Waals surface area contributed by atoms with Crippen molar-refractivity contribution in [3.8, 4) is 0 Å². The van der Waals surface area contributed by atoms with Crippen LogP contribution in [-0.2, 0) is 25.1 Å². The highest BCUT2D eigenvalue weighted by Gasteiger charge is 2.23. The number of rotatable bonds is 5. The Morgan fingerprint density at radius 3 is 2.63 bits per heavy atom. The number of sulfone groups is 1. The zero-order valence-corrected chi connectivity index (χ0v) is 13.5. The third kappa shape index (κ3) is 4.62. The normalized spacial score (nSPS) is 13.1. The average Bonchev–Trinajstić information content (AvgIpc) is 2.33. The maximum absolute atomic E-state index is 12.1. The largest absolute Gasteiger partial charge is 0.469 e. The van der Waals surface area contributed by atoms with Crippen LogP contribution in [0.25, 0.3) is 0 Å². The van der Waals surface area contributed by atoms with Crippen LogP contribution < -0.4 is 0 Å². The number of hydrogen-bond acceptors (Lipinski definition) is 4. The third-order valence-electron chi connectivity index (χ3n) is 2.86. The van der Waals surface area contributed by atoms with Gasteiger partial charge in [-0.25, -0.2) is 8.42 Å². The summed E-state index contributed by atoms with van der Waals surface area (Å²) in [7, 11) is -2.10. The summed E-state index contributed by atoms with van der Waals surface area (Å²) in [4.78, 5) is 11.3. The van der Waals surface area contributed by atoms with E-state index in [9.17, 15) is 13.2 Å². The van der Waals surface area contributed by atoms with Crippen molar-refractivity contribution >= 4 is 31.7 Å². The first-order valence-corrected chi connectivity index (χ1v) is 8.40. The van der Waals surface area contributed by atoms with E-state index in [0.29, 0.717) is 0 Å². The summed E-state index contributed by atoms with van der Waals surface area (Å²) in [6, 6.07) is 5.44. The molecule has 4 nitrogen and oxygen atoms in total. The lowest BCUT2D eigenvalue weighted by Gasteiger charge is -2.12. The summed E-state index contributed by atoms with van der Waals surface area (Å²) in [6.45, 7) is 3.41. The molecule has 0 spiro atoms. The molecule has 0 N–H and O–H groups in total. The van der Waals surface area contributed by atoms with Crippen molar-refractivity contribution in [2.45, 2.75) is 19.6 Å². The Hall–Kier alpha value is -0.880. The van der Waals surface area contributed by atoms with Gasteiger partial charge in [-0.1, -0.05) is 35.0 Å². The van der Waals surface area contributed by atoms with Gasteiger partial charge in [-0.15, -0.1) is 0 Å². The predicted octanol–water partition coefficient (Wildman–Crippen LogP) is 2.48. The maximum Gasteiger partial charge on any atom is 0.309 e. The van der Waals surface area contributed by atoms with E-state index in [1.54, 1.807) is 19.1 Å². The molecule has 0 fully saturated rings. The molecule has 0 aromatic heterocycles. The van der Waals surface area contributed by atoms with Gasteiger partial charge < -0.3 is 4.74 Å². The Balaban J connectivity index is 2.86. The van der Waals surface area contributed by atoms with Gasteiger partial charge in [-0.3, -0.25) is 4.79 Å². The Labute approximate surface area is 122 Å². The van der Waals surface area contributed by atoms with Crippen LogP contribution in [0.5, 0.6) is 0 Å². The number of halogens is 1. The summed E-state index contributed by atoms with van der Waals surface area (Å²) in [5.41, 5.74) is 1.64. The van der Waals surface area contributed by atoms with Gasteiger partial charge in [0.25, 0.3) is 0 Å². The molecule has 6 heteroatoms. The van der Waals surface area contributed by atoms with Gasteiger partial charge >= 0.3 is 5.97 Å². The topological polar surface area (TPSA) is 60.4 Å². The molecule has 0 saturated heterocycles. The monoisotopic (exact) mass is 348 g/mol. The van der Waals surface area contributed by atoms with Crippen LogP contribution in [0.2, 0.25) is 0 Å². The van der Waals surface area contributed by atoms with Crippen LogP contribution in [0, 0.1) is 12.8 Å². The standard InChI is InChI=1S/C13H17BrO4S/c1-9(13(15)18-3)7-19(16,17)8-11-5-4-6-12(14)10(11)2/h4-6,9H,7-8H2,1-3H3/t9-/m0/s1. The lowest BCUT2D eigenvalue weighted by Crippen LogP contribution is -2.23. The first kappa shape index (κ1) is 16.2. The molecular weight excluding hydrogens is 332 g/mol. The molecule has 0 amide bonds. The van der Waals surface area contributed by atoms with Crippen LogP contribution in [0.3, 0.4) is 0 Å². The first-order valence-electron chi connectivity index (χ1n) is 5.79. The molecule has 1 rings (SSSR count). The van der Waals surface area contributed by atoms with Crippen molar-refractivity contribution in [2.24, 2.45) is 5.92 Å². The number of carbonyl (C=O) groups excluding carboxylic acids is 1. The summed E-state index contributed by atoms with van der Waals surface area (Å²) in [5.74, 6) is -1.43. The number of ether oxygens (including phenoxy) is 1. The van der Waals surface area contributed by atoms with Gasteiger partial charge in [0.1, 0.15) is 0 Å². The number of benzene rings is 1. The number of carbonyl (C=O) groups is 1. The molecule has 1 aromatic rings. The van der Waals surface area contributed by atoms with Crippen molar-refractivity contribution in [3.05, 3.63) is 33.8 Å². The van der Waals surface area contributed by atoms with Gasteiger partial charge in [0.05, 0.1) is 24.5 Å². The summed E-state index contributed by atoms with van der Waals surface area (Å²) < 4.78 is 29.6. The lowest BCUT2D eigenvalue weighted by atomic mass is 10.1. The lowest BCUT2D eigenvalue weighted by molar-refractivity contribution is -0.144. The molecule has 0 radical (unpaired) electrons. The minimum Gasteiger partial charge on any atom is -0.469 e. The Kier molecular flexibility index (Phi) is 5.55. The fraction of sp³-hybridized carbons (Fsp3) is 0.462. The second-order valence-electron chi connectivity index (χ2n) is 4.50. The highest BCUT2D eigenvalue weighted by molar-refractivity contribution is 9.10. The number of hydrogen-bond donors (Lipinski definition) is 0. The zero-order valence-electron chi connectivity index (χ0n) is 11.1. The molecule has 0 unspecified atom stereocenters. The summed E-state index contributed by atoms with van der Waals surface area (Å²) in [5, 5.41) is 0. The number of esters is 1. The summed E-state index contributed by atoms with van der Waals surface area (Å²) in [6.07, 6.45) is 0. The van der Waals surface area contributed by atoms with Gasteiger partial charge in [-0.05, 0) is 24.1 Å². The Bertz CT molecular complexity index is 566. The van der Waals surface area contributed by atoms with Crippen LogP contribution in [0.4, 0.5) is 0 Å². The molecule has 19 heavy (non-hydrogen) atoms. The molecule has 0 heterocycles. The first-order chi connectivity index (χ1) is 8.76. The molecule has 1 atom stereocenters.